The highest BCUT2D eigenvalue weighted by Gasteiger charge is 2.35. The lowest BCUT2D eigenvalue weighted by Gasteiger charge is -2.30. The molecule has 1 heterocycles. The van der Waals surface area contributed by atoms with Gasteiger partial charge in [-0.3, -0.25) is 4.79 Å². The highest BCUT2D eigenvalue weighted by molar-refractivity contribution is 6.01. The number of ketones is 1. The molecule has 2 atom stereocenters. The third-order valence-corrected chi connectivity index (χ3v) is 6.32. The predicted molar refractivity (Wildman–Crippen MR) is 128 cm³/mol. The molecule has 2 aliphatic rings. The Balaban J connectivity index is 1.55. The van der Waals surface area contributed by atoms with Crippen molar-refractivity contribution in [2.75, 3.05) is 29.6 Å². The maximum atomic E-state index is 13.5. The van der Waals surface area contributed by atoms with Gasteiger partial charge < -0.3 is 15.5 Å². The summed E-state index contributed by atoms with van der Waals surface area (Å²) in [5.41, 5.74) is 7.42. The first-order valence-corrected chi connectivity index (χ1v) is 10.8. The van der Waals surface area contributed by atoms with Gasteiger partial charge >= 0.3 is 0 Å². The lowest BCUT2D eigenvalue weighted by Crippen LogP contribution is -2.26. The molecule has 3 aromatic carbocycles. The number of rotatable bonds is 3. The molecule has 0 bridgehead atoms. The van der Waals surface area contributed by atoms with Crippen molar-refractivity contribution in [3.63, 3.8) is 0 Å². The molecular weight excluding hydrogens is 382 g/mol. The topological polar surface area (TPSA) is 44.4 Å². The Labute approximate surface area is 183 Å². The van der Waals surface area contributed by atoms with Crippen LogP contribution in [0.15, 0.2) is 90.1 Å². The number of hydrogen-bond acceptors (Lipinski definition) is 4. The molecular formula is C27H27N3O. The first-order valence-electron chi connectivity index (χ1n) is 10.8. The summed E-state index contributed by atoms with van der Waals surface area (Å²) in [7, 11) is 4.08. The van der Waals surface area contributed by atoms with Crippen LogP contribution in [0.5, 0.6) is 0 Å². The van der Waals surface area contributed by atoms with Gasteiger partial charge in [0.15, 0.2) is 5.78 Å². The Morgan fingerprint density at radius 2 is 1.45 bits per heavy atom. The van der Waals surface area contributed by atoms with E-state index >= 15 is 0 Å². The Hall–Kier alpha value is -3.53. The highest BCUT2D eigenvalue weighted by Crippen LogP contribution is 2.44. The number of carbonyl (C=O) groups excluding carboxylic acids is 1. The summed E-state index contributed by atoms with van der Waals surface area (Å²) >= 11 is 0. The minimum atomic E-state index is -0.156. The van der Waals surface area contributed by atoms with E-state index < -0.39 is 0 Å². The van der Waals surface area contributed by atoms with Gasteiger partial charge in [0, 0.05) is 37.5 Å². The first kappa shape index (κ1) is 19.4. The maximum Gasteiger partial charge on any atom is 0.163 e. The minimum Gasteiger partial charge on any atom is -0.378 e. The maximum absolute atomic E-state index is 13.5. The van der Waals surface area contributed by atoms with Gasteiger partial charge in [-0.2, -0.15) is 0 Å². The Morgan fingerprint density at radius 3 is 2.16 bits per heavy atom. The van der Waals surface area contributed by atoms with Crippen molar-refractivity contribution in [3.05, 3.63) is 101 Å². The Kier molecular flexibility index (Phi) is 4.99. The lowest BCUT2D eigenvalue weighted by molar-refractivity contribution is -0.116. The van der Waals surface area contributed by atoms with Crippen molar-refractivity contribution < 1.29 is 4.79 Å². The predicted octanol–water partition coefficient (Wildman–Crippen LogP) is 5.73. The first-order chi connectivity index (χ1) is 15.1. The van der Waals surface area contributed by atoms with Crippen LogP contribution in [0.3, 0.4) is 0 Å². The van der Waals surface area contributed by atoms with Crippen LogP contribution in [0.2, 0.25) is 0 Å². The van der Waals surface area contributed by atoms with E-state index in [0.29, 0.717) is 6.42 Å². The molecule has 5 rings (SSSR count). The van der Waals surface area contributed by atoms with Crippen molar-refractivity contribution in [1.29, 1.82) is 0 Å². The molecule has 1 aliphatic carbocycles. The Morgan fingerprint density at radius 1 is 0.774 bits per heavy atom. The van der Waals surface area contributed by atoms with Crippen LogP contribution in [-0.4, -0.2) is 19.9 Å². The van der Waals surface area contributed by atoms with E-state index in [1.807, 2.05) is 44.4 Å². The summed E-state index contributed by atoms with van der Waals surface area (Å²) in [5.74, 6) is 0.390. The normalized spacial score (nSPS) is 20.1. The molecule has 4 heteroatoms. The summed E-state index contributed by atoms with van der Waals surface area (Å²) in [5, 5.41) is 7.24. The molecule has 0 radical (unpaired) electrons. The standard InChI is InChI=1S/C27H27N3O/c1-30(2)21-14-12-18(13-15-21)20-16-24-26(25(31)17-20)27(19-8-4-3-5-9-19)29-23-11-7-6-10-22(23)28-24/h3-15,20,27-29H,16-17H2,1-2H3/t20-,27-/m0/s1. The van der Waals surface area contributed by atoms with Crippen LogP contribution in [0.25, 0.3) is 0 Å². The van der Waals surface area contributed by atoms with Gasteiger partial charge in [0.2, 0.25) is 0 Å². The SMILES string of the molecule is CN(C)c1ccc([C@@H]2CC(=O)C3=C(C2)Nc2ccccc2N[C@H]3c2ccccc2)cc1. The quantitative estimate of drug-likeness (QED) is 0.580. The molecule has 3 aromatic rings. The van der Waals surface area contributed by atoms with Gasteiger partial charge in [-0.1, -0.05) is 54.6 Å². The van der Waals surface area contributed by atoms with Crippen molar-refractivity contribution in [2.45, 2.75) is 24.8 Å². The molecule has 0 fully saturated rings. The van der Waals surface area contributed by atoms with Crippen LogP contribution in [0.1, 0.15) is 35.9 Å². The van der Waals surface area contributed by atoms with Crippen LogP contribution < -0.4 is 15.5 Å². The zero-order valence-electron chi connectivity index (χ0n) is 17.9. The summed E-state index contributed by atoms with van der Waals surface area (Å²) in [6.07, 6.45) is 1.35. The largest absolute Gasteiger partial charge is 0.378 e. The van der Waals surface area contributed by atoms with Crippen LogP contribution in [0.4, 0.5) is 17.1 Å². The van der Waals surface area contributed by atoms with Gasteiger partial charge in [0.1, 0.15) is 0 Å². The zero-order valence-corrected chi connectivity index (χ0v) is 17.9. The molecule has 156 valence electrons. The van der Waals surface area contributed by atoms with E-state index in [-0.39, 0.29) is 17.7 Å². The van der Waals surface area contributed by atoms with Gasteiger partial charge in [0.25, 0.3) is 0 Å². The van der Waals surface area contributed by atoms with Gasteiger partial charge in [-0.15, -0.1) is 0 Å². The third kappa shape index (κ3) is 3.70. The second-order valence-corrected chi connectivity index (χ2v) is 8.57. The average molecular weight is 410 g/mol. The van der Waals surface area contributed by atoms with Crippen molar-refractivity contribution in [2.24, 2.45) is 0 Å². The molecule has 0 saturated heterocycles. The molecule has 1 aliphatic heterocycles. The number of benzene rings is 3. The minimum absolute atomic E-state index is 0.156. The van der Waals surface area contributed by atoms with Gasteiger partial charge in [0.05, 0.1) is 17.4 Å². The number of Topliss-reactive ketones (excluding diaryl/α,β-unsaturated/α-hetero) is 1. The molecule has 0 amide bonds. The summed E-state index contributed by atoms with van der Waals surface area (Å²) < 4.78 is 0. The van der Waals surface area contributed by atoms with Crippen LogP contribution >= 0.6 is 0 Å². The number of anilines is 3. The molecule has 31 heavy (non-hydrogen) atoms. The fourth-order valence-corrected chi connectivity index (χ4v) is 4.67. The third-order valence-electron chi connectivity index (χ3n) is 6.32. The van der Waals surface area contributed by atoms with E-state index in [1.165, 1.54) is 11.3 Å². The van der Waals surface area contributed by atoms with Crippen molar-refractivity contribution in [1.82, 2.24) is 0 Å². The summed E-state index contributed by atoms with van der Waals surface area (Å²) in [6, 6.07) is 26.9. The van der Waals surface area contributed by atoms with E-state index in [1.54, 1.807) is 0 Å². The number of hydrogen-bond donors (Lipinski definition) is 2. The zero-order chi connectivity index (χ0) is 21.4. The van der Waals surface area contributed by atoms with Crippen LogP contribution in [0, 0.1) is 0 Å². The van der Waals surface area contributed by atoms with Gasteiger partial charge in [-0.25, -0.2) is 0 Å². The highest BCUT2D eigenvalue weighted by atomic mass is 16.1. The number of allylic oxidation sites excluding steroid dienone is 1. The average Bonchev–Trinajstić information content (AvgIpc) is 2.96. The van der Waals surface area contributed by atoms with Gasteiger partial charge in [-0.05, 0) is 47.7 Å². The van der Waals surface area contributed by atoms with Crippen molar-refractivity contribution in [3.8, 4) is 0 Å². The molecule has 0 unspecified atom stereocenters. The Bertz CT molecular complexity index is 1130. The second kappa shape index (κ2) is 7.95. The monoisotopic (exact) mass is 409 g/mol. The van der Waals surface area contributed by atoms with E-state index in [4.69, 9.17) is 0 Å². The van der Waals surface area contributed by atoms with Crippen LogP contribution in [-0.2, 0) is 4.79 Å². The number of para-hydroxylation sites is 2. The van der Waals surface area contributed by atoms with E-state index in [2.05, 4.69) is 64.1 Å². The van der Waals surface area contributed by atoms with Crippen molar-refractivity contribution >= 4 is 22.8 Å². The summed E-state index contributed by atoms with van der Waals surface area (Å²) in [4.78, 5) is 15.6. The lowest BCUT2D eigenvalue weighted by atomic mass is 9.78. The number of fused-ring (bicyclic) bond motifs is 1. The fourth-order valence-electron chi connectivity index (χ4n) is 4.67. The number of carbonyl (C=O) groups is 1. The fraction of sp³-hybridized carbons (Fsp3) is 0.222. The molecule has 4 nitrogen and oxygen atoms in total. The molecule has 2 N–H and O–H groups in total. The molecule has 0 spiro atoms. The molecule has 0 saturated carbocycles. The second-order valence-electron chi connectivity index (χ2n) is 8.57. The molecule has 0 aromatic heterocycles. The van der Waals surface area contributed by atoms with E-state index in [0.717, 1.165) is 34.6 Å². The van der Waals surface area contributed by atoms with E-state index in [9.17, 15) is 4.79 Å². The summed E-state index contributed by atoms with van der Waals surface area (Å²) in [6.45, 7) is 0. The number of nitrogens with one attached hydrogen (secondary N) is 2. The smallest absolute Gasteiger partial charge is 0.163 e. The number of nitrogens with zero attached hydrogens (tertiary/aromatic N) is 1.